The van der Waals surface area contributed by atoms with Gasteiger partial charge in [-0.25, -0.2) is 0 Å². The molecule has 4 heteroatoms. The van der Waals surface area contributed by atoms with Gasteiger partial charge in [-0.05, 0) is 42.3 Å². The van der Waals surface area contributed by atoms with Gasteiger partial charge in [0.1, 0.15) is 5.75 Å². The van der Waals surface area contributed by atoms with Crippen molar-refractivity contribution in [3.63, 3.8) is 0 Å². The van der Waals surface area contributed by atoms with Gasteiger partial charge in [-0.2, -0.15) is 0 Å². The van der Waals surface area contributed by atoms with E-state index in [2.05, 4.69) is 15.9 Å². The first-order chi connectivity index (χ1) is 9.49. The summed E-state index contributed by atoms with van der Waals surface area (Å²) in [7, 11) is 1.76. The highest BCUT2D eigenvalue weighted by molar-refractivity contribution is 9.10. The summed E-state index contributed by atoms with van der Waals surface area (Å²) in [6.07, 6.45) is 0. The summed E-state index contributed by atoms with van der Waals surface area (Å²) in [5.74, 6) is 0.175. The molecule has 20 heavy (non-hydrogen) atoms. The Balaban J connectivity index is 2.19. The van der Waals surface area contributed by atoms with E-state index in [1.165, 1.54) is 0 Å². The quantitative estimate of drug-likeness (QED) is 0.929. The van der Waals surface area contributed by atoms with E-state index in [9.17, 15) is 9.90 Å². The van der Waals surface area contributed by atoms with Gasteiger partial charge >= 0.3 is 0 Å². The summed E-state index contributed by atoms with van der Waals surface area (Å²) in [6.45, 7) is 2.37. The van der Waals surface area contributed by atoms with Crippen molar-refractivity contribution in [1.29, 1.82) is 0 Å². The maximum absolute atomic E-state index is 12.4. The van der Waals surface area contributed by atoms with E-state index in [0.29, 0.717) is 12.1 Å². The number of nitrogens with zero attached hydrogens (tertiary/aromatic N) is 1. The van der Waals surface area contributed by atoms with Crippen molar-refractivity contribution in [2.75, 3.05) is 7.05 Å². The maximum atomic E-state index is 12.4. The van der Waals surface area contributed by atoms with Crippen LogP contribution in [0.15, 0.2) is 46.9 Å². The third-order valence-corrected chi connectivity index (χ3v) is 4.03. The van der Waals surface area contributed by atoms with Crippen molar-refractivity contribution in [2.45, 2.75) is 13.5 Å². The minimum atomic E-state index is -0.0351. The molecule has 0 atom stereocenters. The molecule has 1 N–H and O–H groups in total. The second kappa shape index (κ2) is 6.09. The Morgan fingerprint density at radius 3 is 2.65 bits per heavy atom. The van der Waals surface area contributed by atoms with Crippen molar-refractivity contribution in [3.8, 4) is 5.75 Å². The lowest BCUT2D eigenvalue weighted by molar-refractivity contribution is 0.0784. The zero-order valence-corrected chi connectivity index (χ0v) is 13.0. The molecule has 2 aromatic rings. The normalized spacial score (nSPS) is 10.3. The van der Waals surface area contributed by atoms with E-state index >= 15 is 0 Å². The van der Waals surface area contributed by atoms with Gasteiger partial charge in [0.15, 0.2) is 0 Å². The molecule has 0 spiro atoms. The van der Waals surface area contributed by atoms with Crippen LogP contribution in [0.4, 0.5) is 0 Å². The van der Waals surface area contributed by atoms with Gasteiger partial charge in [0.25, 0.3) is 5.91 Å². The Hall–Kier alpha value is -1.81. The molecule has 104 valence electrons. The number of hydrogen-bond donors (Lipinski definition) is 1. The van der Waals surface area contributed by atoms with Crippen LogP contribution in [-0.4, -0.2) is 23.0 Å². The van der Waals surface area contributed by atoms with Crippen LogP contribution in [0.3, 0.4) is 0 Å². The van der Waals surface area contributed by atoms with Crippen LogP contribution < -0.4 is 0 Å². The fourth-order valence-electron chi connectivity index (χ4n) is 2.05. The smallest absolute Gasteiger partial charge is 0.254 e. The molecule has 2 rings (SSSR count). The zero-order chi connectivity index (χ0) is 14.7. The molecule has 0 heterocycles. The average Bonchev–Trinajstić information content (AvgIpc) is 2.41. The Bertz CT molecular complexity index is 640. The van der Waals surface area contributed by atoms with Crippen LogP contribution in [0.5, 0.6) is 5.75 Å². The first-order valence-corrected chi connectivity index (χ1v) is 7.07. The number of rotatable bonds is 3. The van der Waals surface area contributed by atoms with Crippen molar-refractivity contribution >= 4 is 21.8 Å². The van der Waals surface area contributed by atoms with Crippen LogP contribution >= 0.6 is 15.9 Å². The summed E-state index contributed by atoms with van der Waals surface area (Å²) < 4.78 is 0.925. The summed E-state index contributed by atoms with van der Waals surface area (Å²) in [5, 5.41) is 9.45. The Morgan fingerprint density at radius 2 is 1.95 bits per heavy atom. The first kappa shape index (κ1) is 14.6. The van der Waals surface area contributed by atoms with Crippen LogP contribution in [0.1, 0.15) is 21.5 Å². The van der Waals surface area contributed by atoms with Crippen LogP contribution in [-0.2, 0) is 6.54 Å². The molecule has 0 saturated carbocycles. The Kier molecular flexibility index (Phi) is 4.45. The minimum absolute atomic E-state index is 0.0351. The standard InChI is InChI=1S/C16H16BrNO2/c1-11-14(7-4-8-15(11)17)16(20)18(2)10-12-5-3-6-13(19)9-12/h3-9,19H,10H2,1-2H3. The van der Waals surface area contributed by atoms with Gasteiger partial charge in [0, 0.05) is 23.6 Å². The van der Waals surface area contributed by atoms with Gasteiger partial charge in [-0.1, -0.05) is 34.1 Å². The molecular formula is C16H16BrNO2. The van der Waals surface area contributed by atoms with Gasteiger partial charge < -0.3 is 10.0 Å². The van der Waals surface area contributed by atoms with Crippen molar-refractivity contribution in [2.24, 2.45) is 0 Å². The maximum Gasteiger partial charge on any atom is 0.254 e. The number of aromatic hydroxyl groups is 1. The highest BCUT2D eigenvalue weighted by Crippen LogP contribution is 2.21. The molecule has 0 saturated heterocycles. The first-order valence-electron chi connectivity index (χ1n) is 6.27. The number of carbonyl (C=O) groups excluding carboxylic acids is 1. The molecule has 3 nitrogen and oxygen atoms in total. The van der Waals surface area contributed by atoms with Gasteiger partial charge in [-0.15, -0.1) is 0 Å². The molecule has 0 radical (unpaired) electrons. The largest absolute Gasteiger partial charge is 0.508 e. The highest BCUT2D eigenvalue weighted by atomic mass is 79.9. The molecule has 0 aliphatic rings. The summed E-state index contributed by atoms with van der Waals surface area (Å²) in [5.41, 5.74) is 2.51. The van der Waals surface area contributed by atoms with E-state index in [1.807, 2.05) is 31.2 Å². The topological polar surface area (TPSA) is 40.5 Å². The van der Waals surface area contributed by atoms with Crippen molar-refractivity contribution in [1.82, 2.24) is 4.90 Å². The van der Waals surface area contributed by atoms with Crippen LogP contribution in [0, 0.1) is 6.92 Å². The Labute approximate surface area is 127 Å². The van der Waals surface area contributed by atoms with Gasteiger partial charge in [0.2, 0.25) is 0 Å². The molecule has 0 aliphatic carbocycles. The summed E-state index contributed by atoms with van der Waals surface area (Å²) in [4.78, 5) is 14.1. The molecule has 0 aromatic heterocycles. The number of phenols is 1. The number of hydrogen-bond acceptors (Lipinski definition) is 2. The van der Waals surface area contributed by atoms with E-state index in [0.717, 1.165) is 15.6 Å². The third-order valence-electron chi connectivity index (χ3n) is 3.18. The number of benzene rings is 2. The fourth-order valence-corrected chi connectivity index (χ4v) is 2.41. The Morgan fingerprint density at radius 1 is 1.25 bits per heavy atom. The second-order valence-corrected chi connectivity index (χ2v) is 5.60. The predicted octanol–water partition coefficient (Wildman–Crippen LogP) is 3.74. The van der Waals surface area contributed by atoms with E-state index in [-0.39, 0.29) is 11.7 Å². The monoisotopic (exact) mass is 333 g/mol. The molecule has 0 bridgehead atoms. The zero-order valence-electron chi connectivity index (χ0n) is 11.4. The molecule has 0 fully saturated rings. The fraction of sp³-hybridized carbons (Fsp3) is 0.188. The minimum Gasteiger partial charge on any atom is -0.508 e. The van der Waals surface area contributed by atoms with Crippen molar-refractivity contribution < 1.29 is 9.90 Å². The lowest BCUT2D eigenvalue weighted by Gasteiger charge is -2.19. The molecule has 0 aliphatic heterocycles. The van der Waals surface area contributed by atoms with E-state index in [1.54, 1.807) is 30.1 Å². The number of amides is 1. The average molecular weight is 334 g/mol. The second-order valence-electron chi connectivity index (χ2n) is 4.74. The number of halogens is 1. The summed E-state index contributed by atoms with van der Waals surface area (Å²) in [6, 6.07) is 12.5. The number of phenolic OH excluding ortho intramolecular Hbond substituents is 1. The van der Waals surface area contributed by atoms with Crippen LogP contribution in [0.2, 0.25) is 0 Å². The number of carbonyl (C=O) groups is 1. The van der Waals surface area contributed by atoms with Gasteiger partial charge in [-0.3, -0.25) is 4.79 Å². The lowest BCUT2D eigenvalue weighted by Crippen LogP contribution is -2.26. The molecule has 0 unspecified atom stereocenters. The SMILES string of the molecule is Cc1c(Br)cccc1C(=O)N(C)Cc1cccc(O)c1. The third kappa shape index (κ3) is 3.20. The molecule has 2 aromatic carbocycles. The van der Waals surface area contributed by atoms with Crippen LogP contribution in [0.25, 0.3) is 0 Å². The van der Waals surface area contributed by atoms with E-state index in [4.69, 9.17) is 0 Å². The van der Waals surface area contributed by atoms with Gasteiger partial charge in [0.05, 0.1) is 0 Å². The highest BCUT2D eigenvalue weighted by Gasteiger charge is 2.15. The summed E-state index contributed by atoms with van der Waals surface area (Å²) >= 11 is 3.44. The van der Waals surface area contributed by atoms with Crippen molar-refractivity contribution in [3.05, 3.63) is 63.6 Å². The molecular weight excluding hydrogens is 318 g/mol. The lowest BCUT2D eigenvalue weighted by atomic mass is 10.1. The molecule has 1 amide bonds. The predicted molar refractivity (Wildman–Crippen MR) is 82.8 cm³/mol. The van der Waals surface area contributed by atoms with E-state index < -0.39 is 0 Å².